The van der Waals surface area contributed by atoms with Crippen molar-refractivity contribution in [2.24, 2.45) is 0 Å². The van der Waals surface area contributed by atoms with E-state index in [0.29, 0.717) is 5.95 Å². The van der Waals surface area contributed by atoms with Gasteiger partial charge in [-0.2, -0.15) is 0 Å². The highest BCUT2D eigenvalue weighted by molar-refractivity contribution is 5.44. The molecule has 0 saturated carbocycles. The number of anilines is 1. The van der Waals surface area contributed by atoms with E-state index in [1.807, 2.05) is 42.0 Å². The van der Waals surface area contributed by atoms with E-state index < -0.39 is 0 Å². The highest BCUT2D eigenvalue weighted by atomic mass is 16.5. The second kappa shape index (κ2) is 5.12. The van der Waals surface area contributed by atoms with Crippen molar-refractivity contribution in [3.05, 3.63) is 36.2 Å². The first kappa shape index (κ1) is 12.5. The van der Waals surface area contributed by atoms with Crippen LogP contribution in [0.1, 0.15) is 26.0 Å². The molecular weight excluding hydrogens is 226 g/mol. The average Bonchev–Trinajstić information content (AvgIpc) is 2.68. The van der Waals surface area contributed by atoms with Crippen LogP contribution in [0.3, 0.4) is 0 Å². The molecule has 2 aromatic rings. The lowest BCUT2D eigenvalue weighted by Gasteiger charge is -2.13. The van der Waals surface area contributed by atoms with E-state index in [9.17, 15) is 0 Å². The third kappa shape index (κ3) is 2.64. The fourth-order valence-electron chi connectivity index (χ4n) is 1.75. The predicted molar refractivity (Wildman–Crippen MR) is 73.1 cm³/mol. The molecule has 0 aliphatic carbocycles. The van der Waals surface area contributed by atoms with Gasteiger partial charge in [-0.05, 0) is 32.4 Å². The third-order valence-electron chi connectivity index (χ3n) is 2.86. The van der Waals surface area contributed by atoms with Gasteiger partial charge in [-0.3, -0.25) is 4.57 Å². The largest absolute Gasteiger partial charge is 0.491 e. The monoisotopic (exact) mass is 245 g/mol. The van der Waals surface area contributed by atoms with E-state index in [-0.39, 0.29) is 6.10 Å². The van der Waals surface area contributed by atoms with Gasteiger partial charge < -0.3 is 10.5 Å². The van der Waals surface area contributed by atoms with Crippen molar-refractivity contribution in [1.29, 1.82) is 0 Å². The van der Waals surface area contributed by atoms with Crippen LogP contribution >= 0.6 is 0 Å². The van der Waals surface area contributed by atoms with Gasteiger partial charge in [0.25, 0.3) is 0 Å². The number of aryl methyl sites for hydroxylation is 1. The lowest BCUT2D eigenvalue weighted by Crippen LogP contribution is -2.10. The third-order valence-corrected chi connectivity index (χ3v) is 2.86. The summed E-state index contributed by atoms with van der Waals surface area (Å²) >= 11 is 0. The van der Waals surface area contributed by atoms with Gasteiger partial charge in [0, 0.05) is 12.3 Å². The summed E-state index contributed by atoms with van der Waals surface area (Å²) in [4.78, 5) is 4.19. The molecule has 0 amide bonds. The van der Waals surface area contributed by atoms with Crippen LogP contribution in [-0.2, 0) is 0 Å². The Morgan fingerprint density at radius 2 is 2.22 bits per heavy atom. The molecule has 2 rings (SSSR count). The molecule has 2 N–H and O–H groups in total. The van der Waals surface area contributed by atoms with Gasteiger partial charge in [-0.25, -0.2) is 4.98 Å². The summed E-state index contributed by atoms with van der Waals surface area (Å²) in [5.74, 6) is 1.35. The Labute approximate surface area is 107 Å². The first-order chi connectivity index (χ1) is 8.60. The van der Waals surface area contributed by atoms with E-state index in [4.69, 9.17) is 10.5 Å². The molecule has 0 aliphatic rings. The summed E-state index contributed by atoms with van der Waals surface area (Å²) in [7, 11) is 0. The number of hydrogen-bond donors (Lipinski definition) is 1. The lowest BCUT2D eigenvalue weighted by atomic mass is 10.2. The summed E-state index contributed by atoms with van der Waals surface area (Å²) in [5, 5.41) is 0. The minimum atomic E-state index is 0.210. The molecule has 0 aliphatic heterocycles. The number of benzene rings is 1. The zero-order valence-corrected chi connectivity index (χ0v) is 11.1. The topological polar surface area (TPSA) is 53.1 Å². The minimum Gasteiger partial charge on any atom is -0.491 e. The first-order valence-electron chi connectivity index (χ1n) is 6.18. The Kier molecular flexibility index (Phi) is 3.55. The SMILES string of the molecule is CCC(C)Oc1cccc(-n2cc(C)nc2N)c1. The fourth-order valence-corrected chi connectivity index (χ4v) is 1.75. The maximum Gasteiger partial charge on any atom is 0.205 e. The number of ether oxygens (including phenoxy) is 1. The van der Waals surface area contributed by atoms with Crippen molar-refractivity contribution in [3.8, 4) is 11.4 Å². The van der Waals surface area contributed by atoms with E-state index in [0.717, 1.165) is 23.6 Å². The number of rotatable bonds is 4. The molecule has 96 valence electrons. The van der Waals surface area contributed by atoms with Gasteiger partial charge in [-0.15, -0.1) is 0 Å². The van der Waals surface area contributed by atoms with E-state index >= 15 is 0 Å². The van der Waals surface area contributed by atoms with E-state index in [1.165, 1.54) is 0 Å². The van der Waals surface area contributed by atoms with Crippen molar-refractivity contribution < 1.29 is 4.74 Å². The summed E-state index contributed by atoms with van der Waals surface area (Å²) in [5.41, 5.74) is 7.73. The Bertz CT molecular complexity index is 534. The average molecular weight is 245 g/mol. The fraction of sp³-hybridized carbons (Fsp3) is 0.357. The van der Waals surface area contributed by atoms with Crippen LogP contribution in [0.2, 0.25) is 0 Å². The normalized spacial score (nSPS) is 12.4. The molecule has 0 spiro atoms. The van der Waals surface area contributed by atoms with Crippen LogP contribution < -0.4 is 10.5 Å². The quantitative estimate of drug-likeness (QED) is 0.901. The maximum absolute atomic E-state index is 5.86. The smallest absolute Gasteiger partial charge is 0.205 e. The molecule has 4 heteroatoms. The van der Waals surface area contributed by atoms with Crippen molar-refractivity contribution >= 4 is 5.95 Å². The molecule has 1 aromatic carbocycles. The van der Waals surface area contributed by atoms with E-state index in [2.05, 4.69) is 18.8 Å². The highest BCUT2D eigenvalue weighted by Crippen LogP contribution is 2.21. The number of hydrogen-bond acceptors (Lipinski definition) is 3. The zero-order chi connectivity index (χ0) is 13.1. The van der Waals surface area contributed by atoms with Crippen LogP contribution in [-0.4, -0.2) is 15.7 Å². The van der Waals surface area contributed by atoms with Crippen LogP contribution in [0.4, 0.5) is 5.95 Å². The molecule has 0 saturated heterocycles. The summed E-state index contributed by atoms with van der Waals surface area (Å²) in [6.45, 7) is 6.08. The van der Waals surface area contributed by atoms with Gasteiger partial charge in [0.15, 0.2) is 0 Å². The second-order valence-corrected chi connectivity index (χ2v) is 4.44. The summed E-state index contributed by atoms with van der Waals surface area (Å²) in [6, 6.07) is 7.88. The standard InChI is InChI=1S/C14H19N3O/c1-4-11(3)18-13-7-5-6-12(8-13)17-9-10(2)16-14(17)15/h5-9,11H,4H2,1-3H3,(H2,15,16). The van der Waals surface area contributed by atoms with Crippen molar-refractivity contribution in [1.82, 2.24) is 9.55 Å². The highest BCUT2D eigenvalue weighted by Gasteiger charge is 2.06. The molecule has 1 unspecified atom stereocenters. The number of nitrogens with zero attached hydrogens (tertiary/aromatic N) is 2. The van der Waals surface area contributed by atoms with Gasteiger partial charge in [0.2, 0.25) is 5.95 Å². The second-order valence-electron chi connectivity index (χ2n) is 4.44. The van der Waals surface area contributed by atoms with Crippen LogP contribution in [0.25, 0.3) is 5.69 Å². The lowest BCUT2D eigenvalue weighted by molar-refractivity contribution is 0.217. The number of imidazole rings is 1. The zero-order valence-electron chi connectivity index (χ0n) is 11.1. The number of aromatic nitrogens is 2. The van der Waals surface area contributed by atoms with Gasteiger partial charge >= 0.3 is 0 Å². The number of nitrogens with two attached hydrogens (primary N) is 1. The summed E-state index contributed by atoms with van der Waals surface area (Å²) in [6.07, 6.45) is 3.11. The van der Waals surface area contributed by atoms with Crippen molar-refractivity contribution in [2.75, 3.05) is 5.73 Å². The summed E-state index contributed by atoms with van der Waals surface area (Å²) < 4.78 is 7.66. The maximum atomic E-state index is 5.86. The van der Waals surface area contributed by atoms with Crippen LogP contribution in [0.15, 0.2) is 30.5 Å². The first-order valence-corrected chi connectivity index (χ1v) is 6.18. The molecule has 1 heterocycles. The van der Waals surface area contributed by atoms with Gasteiger partial charge in [-0.1, -0.05) is 13.0 Å². The Balaban J connectivity index is 2.29. The van der Waals surface area contributed by atoms with E-state index in [1.54, 1.807) is 0 Å². The molecule has 1 atom stereocenters. The van der Waals surface area contributed by atoms with Crippen molar-refractivity contribution in [3.63, 3.8) is 0 Å². The molecular formula is C14H19N3O. The molecule has 0 radical (unpaired) electrons. The minimum absolute atomic E-state index is 0.210. The molecule has 0 bridgehead atoms. The molecule has 18 heavy (non-hydrogen) atoms. The molecule has 0 fully saturated rings. The van der Waals surface area contributed by atoms with Gasteiger partial charge in [0.05, 0.1) is 17.5 Å². The van der Waals surface area contributed by atoms with Crippen LogP contribution in [0.5, 0.6) is 5.75 Å². The Morgan fingerprint density at radius 1 is 1.44 bits per heavy atom. The Hall–Kier alpha value is -1.97. The van der Waals surface area contributed by atoms with Crippen LogP contribution in [0, 0.1) is 6.92 Å². The predicted octanol–water partition coefficient (Wildman–Crippen LogP) is 2.94. The molecule has 1 aromatic heterocycles. The van der Waals surface area contributed by atoms with Crippen molar-refractivity contribution in [2.45, 2.75) is 33.3 Å². The molecule has 4 nitrogen and oxygen atoms in total. The Morgan fingerprint density at radius 3 is 2.83 bits per heavy atom. The number of nitrogen functional groups attached to an aromatic ring is 1. The van der Waals surface area contributed by atoms with Gasteiger partial charge in [0.1, 0.15) is 5.75 Å².